The van der Waals surface area contributed by atoms with Crippen LogP contribution in [0.3, 0.4) is 0 Å². The van der Waals surface area contributed by atoms with Gasteiger partial charge in [0.2, 0.25) is 0 Å². The van der Waals surface area contributed by atoms with Gasteiger partial charge in [-0.25, -0.2) is 0 Å². The summed E-state index contributed by atoms with van der Waals surface area (Å²) in [5.41, 5.74) is 0. The Hall–Kier alpha value is 0.0600. The number of hydrogen-bond donors (Lipinski definition) is 6. The van der Waals surface area contributed by atoms with Crippen molar-refractivity contribution in [3.63, 3.8) is 0 Å². The zero-order chi connectivity index (χ0) is 15.9. The molecule has 8 atom stereocenters. The van der Waals surface area contributed by atoms with Gasteiger partial charge in [0.05, 0.1) is 0 Å². The van der Waals surface area contributed by atoms with E-state index in [2.05, 4.69) is 9.05 Å². The summed E-state index contributed by atoms with van der Waals surface area (Å²) in [7, 11) is -10.9. The third-order valence-corrected chi connectivity index (χ3v) is 3.58. The molecule has 1 aliphatic carbocycles. The Morgan fingerprint density at radius 2 is 1.00 bits per heavy atom. The highest BCUT2D eigenvalue weighted by Crippen LogP contribution is 2.42. The molecule has 0 spiro atoms. The molecule has 6 N–H and O–H groups in total. The molecular formula is C6H12O12P2-2. The van der Waals surface area contributed by atoms with Crippen LogP contribution in [-0.4, -0.2) is 66.8 Å². The number of aliphatic hydroxyl groups excluding tert-OH is 4. The van der Waals surface area contributed by atoms with E-state index in [0.717, 1.165) is 0 Å². The van der Waals surface area contributed by atoms with Gasteiger partial charge in [0, 0.05) is 0 Å². The Kier molecular flexibility index (Phi) is 5.48. The average molecular weight is 338 g/mol. The SMILES string of the molecule is O=P([O-])(O)O[C@@H]1C(O)[C@H](OP(=O)([O-])O)[C@@H](O)C(O)[C@H]1O. The van der Waals surface area contributed by atoms with Crippen LogP contribution in [-0.2, 0) is 18.2 Å². The maximum atomic E-state index is 10.6. The van der Waals surface area contributed by atoms with Crippen molar-refractivity contribution < 1.29 is 58.2 Å². The Bertz CT molecular complexity index is 390. The van der Waals surface area contributed by atoms with Gasteiger partial charge in [-0.1, -0.05) is 0 Å². The van der Waals surface area contributed by atoms with E-state index in [1.165, 1.54) is 0 Å². The number of aliphatic hydroxyl groups is 4. The lowest BCUT2D eigenvalue weighted by atomic mass is 9.85. The van der Waals surface area contributed by atoms with E-state index in [1.54, 1.807) is 0 Å². The van der Waals surface area contributed by atoms with Crippen LogP contribution in [0.1, 0.15) is 0 Å². The molecule has 0 aromatic heterocycles. The van der Waals surface area contributed by atoms with Gasteiger partial charge in [-0.3, -0.25) is 9.13 Å². The second-order valence-electron chi connectivity index (χ2n) is 4.04. The molecule has 0 saturated heterocycles. The fraction of sp³-hybridized carbons (Fsp3) is 1.00. The molecule has 0 radical (unpaired) electrons. The van der Waals surface area contributed by atoms with Crippen molar-refractivity contribution in [2.75, 3.05) is 0 Å². The summed E-state index contributed by atoms with van der Waals surface area (Å²) >= 11 is 0. The van der Waals surface area contributed by atoms with Gasteiger partial charge < -0.3 is 49.0 Å². The standard InChI is InChI=1S/C6H14O12P2/c7-1-2(8)5(17-19(11,12)13)4(10)6(3(1)9)18-20(14,15)16/h1-10H,(H2,11,12,13)(H2,14,15,16)/p-2/t1?,2-,3+,4?,5+,6-. The van der Waals surface area contributed by atoms with Crippen molar-refractivity contribution in [2.45, 2.75) is 36.6 Å². The van der Waals surface area contributed by atoms with E-state index in [4.69, 9.17) is 9.79 Å². The molecule has 1 fully saturated rings. The van der Waals surface area contributed by atoms with Crippen molar-refractivity contribution in [3.05, 3.63) is 0 Å². The molecule has 1 aliphatic rings. The summed E-state index contributed by atoms with van der Waals surface area (Å²) in [5.74, 6) is 0. The van der Waals surface area contributed by atoms with Gasteiger partial charge >= 0.3 is 0 Å². The van der Waals surface area contributed by atoms with E-state index in [1.807, 2.05) is 0 Å². The number of rotatable bonds is 4. The van der Waals surface area contributed by atoms with E-state index >= 15 is 0 Å². The van der Waals surface area contributed by atoms with E-state index in [-0.39, 0.29) is 0 Å². The molecule has 12 nitrogen and oxygen atoms in total. The van der Waals surface area contributed by atoms with Crippen LogP contribution in [0.4, 0.5) is 0 Å². The summed E-state index contributed by atoms with van der Waals surface area (Å²) in [6.45, 7) is 0. The Balaban J connectivity index is 3.02. The van der Waals surface area contributed by atoms with Gasteiger partial charge in [-0.2, -0.15) is 0 Å². The third kappa shape index (κ3) is 4.53. The predicted octanol–water partition coefficient (Wildman–Crippen LogP) is -4.86. The zero-order valence-electron chi connectivity index (χ0n) is 9.49. The Morgan fingerprint density at radius 1 is 0.700 bits per heavy atom. The molecule has 0 aliphatic heterocycles. The summed E-state index contributed by atoms with van der Waals surface area (Å²) in [6, 6.07) is 0. The van der Waals surface area contributed by atoms with Gasteiger partial charge in [-0.15, -0.1) is 0 Å². The molecule has 4 unspecified atom stereocenters. The maximum Gasteiger partial charge on any atom is 0.265 e. The van der Waals surface area contributed by atoms with E-state index < -0.39 is 52.3 Å². The molecule has 20 heavy (non-hydrogen) atoms. The Labute approximate surface area is 111 Å². The minimum Gasteiger partial charge on any atom is -0.756 e. The average Bonchev–Trinajstić information content (AvgIpc) is 2.25. The van der Waals surface area contributed by atoms with Crippen LogP contribution in [0, 0.1) is 0 Å². The smallest absolute Gasteiger partial charge is 0.265 e. The van der Waals surface area contributed by atoms with Crippen molar-refractivity contribution in [1.82, 2.24) is 0 Å². The molecule has 1 rings (SSSR count). The zero-order valence-corrected chi connectivity index (χ0v) is 11.3. The number of hydrogen-bond acceptors (Lipinski definition) is 10. The predicted molar refractivity (Wildman–Crippen MR) is 53.4 cm³/mol. The summed E-state index contributed by atoms with van der Waals surface area (Å²) in [6.07, 6.45) is -13.3. The van der Waals surface area contributed by atoms with Crippen LogP contribution in [0.2, 0.25) is 0 Å². The second-order valence-corrected chi connectivity index (χ2v) is 6.34. The molecule has 0 amide bonds. The normalized spacial score (nSPS) is 44.6. The molecule has 0 bridgehead atoms. The highest BCUT2D eigenvalue weighted by Gasteiger charge is 2.52. The van der Waals surface area contributed by atoms with Crippen molar-refractivity contribution in [1.29, 1.82) is 0 Å². The first kappa shape index (κ1) is 18.1. The van der Waals surface area contributed by atoms with Crippen LogP contribution >= 0.6 is 15.6 Å². The topological polar surface area (TPSA) is 220 Å². The van der Waals surface area contributed by atoms with Gasteiger partial charge in [0.15, 0.2) is 0 Å². The molecule has 0 aromatic carbocycles. The fourth-order valence-electron chi connectivity index (χ4n) is 1.74. The number of phosphoric ester groups is 2. The fourth-order valence-corrected chi connectivity index (χ4v) is 2.85. The molecular weight excluding hydrogens is 326 g/mol. The van der Waals surface area contributed by atoms with E-state index in [9.17, 15) is 39.3 Å². The van der Waals surface area contributed by atoms with Gasteiger partial charge in [-0.05, 0) is 0 Å². The molecule has 1 saturated carbocycles. The van der Waals surface area contributed by atoms with Gasteiger partial charge in [0.25, 0.3) is 15.6 Å². The minimum atomic E-state index is -5.46. The first-order chi connectivity index (χ1) is 8.83. The summed E-state index contributed by atoms with van der Waals surface area (Å²) in [4.78, 5) is 38.1. The second kappa shape index (κ2) is 6.05. The van der Waals surface area contributed by atoms with Crippen LogP contribution in [0.5, 0.6) is 0 Å². The first-order valence-electron chi connectivity index (χ1n) is 5.00. The first-order valence-corrected chi connectivity index (χ1v) is 7.99. The Morgan fingerprint density at radius 3 is 1.25 bits per heavy atom. The third-order valence-electron chi connectivity index (χ3n) is 2.56. The lowest BCUT2D eigenvalue weighted by molar-refractivity contribution is -0.268. The highest BCUT2D eigenvalue weighted by molar-refractivity contribution is 7.45. The molecule has 0 heterocycles. The molecule has 0 aromatic rings. The van der Waals surface area contributed by atoms with Crippen molar-refractivity contribution in [3.8, 4) is 0 Å². The molecule has 120 valence electrons. The lowest BCUT2D eigenvalue weighted by Crippen LogP contribution is -2.64. The van der Waals surface area contributed by atoms with Gasteiger partial charge in [0.1, 0.15) is 36.6 Å². The summed E-state index contributed by atoms with van der Waals surface area (Å²) in [5, 5.41) is 37.8. The lowest BCUT2D eigenvalue weighted by Gasteiger charge is -2.44. The quantitative estimate of drug-likeness (QED) is 0.266. The monoisotopic (exact) mass is 338 g/mol. The van der Waals surface area contributed by atoms with Crippen LogP contribution in [0.25, 0.3) is 0 Å². The van der Waals surface area contributed by atoms with Crippen LogP contribution in [0.15, 0.2) is 0 Å². The van der Waals surface area contributed by atoms with Crippen molar-refractivity contribution >= 4 is 15.6 Å². The van der Waals surface area contributed by atoms with Crippen LogP contribution < -0.4 is 9.79 Å². The number of phosphoric acid groups is 2. The summed E-state index contributed by atoms with van der Waals surface area (Å²) < 4.78 is 28.9. The van der Waals surface area contributed by atoms with Crippen molar-refractivity contribution in [2.24, 2.45) is 0 Å². The maximum absolute atomic E-state index is 10.6. The minimum absolute atomic E-state index is 2.17. The largest absolute Gasteiger partial charge is 0.756 e. The van der Waals surface area contributed by atoms with E-state index in [0.29, 0.717) is 0 Å². The molecule has 14 heteroatoms. The highest BCUT2D eigenvalue weighted by atomic mass is 31.2.